The lowest BCUT2D eigenvalue weighted by atomic mass is 9.93. The number of rotatable bonds is 3. The van der Waals surface area contributed by atoms with E-state index in [1.165, 1.54) is 22.3 Å². The molecule has 2 aromatic heterocycles. The number of aliphatic hydroxyl groups is 1. The number of hydrogen-bond donors (Lipinski definition) is 1. The van der Waals surface area contributed by atoms with Crippen LogP contribution in [0.2, 0.25) is 0 Å². The first-order chi connectivity index (χ1) is 10.1. The number of benzene rings is 1. The Morgan fingerprint density at radius 2 is 1.86 bits per heavy atom. The average molecular weight is 280 g/mol. The first-order valence-electron chi connectivity index (χ1n) is 7.23. The maximum absolute atomic E-state index is 10.6. The summed E-state index contributed by atoms with van der Waals surface area (Å²) in [5, 5.41) is 14.9. The zero-order valence-corrected chi connectivity index (χ0v) is 12.7. The third-order valence-electron chi connectivity index (χ3n) is 4.05. The van der Waals surface area contributed by atoms with E-state index in [1.807, 2.05) is 24.4 Å². The van der Waals surface area contributed by atoms with Crippen LogP contribution < -0.4 is 0 Å². The minimum Gasteiger partial charge on any atom is -0.388 e. The molecule has 1 unspecified atom stereocenters. The summed E-state index contributed by atoms with van der Waals surface area (Å²) in [7, 11) is 0. The zero-order chi connectivity index (χ0) is 15.0. The van der Waals surface area contributed by atoms with Gasteiger partial charge in [0.1, 0.15) is 0 Å². The van der Waals surface area contributed by atoms with Crippen molar-refractivity contribution in [3.63, 3.8) is 0 Å². The number of fused-ring (bicyclic) bond motifs is 1. The molecule has 3 aromatic rings. The molecule has 2 heterocycles. The summed E-state index contributed by atoms with van der Waals surface area (Å²) in [5.74, 6) is 0. The maximum Gasteiger partial charge on any atom is 0.0867 e. The van der Waals surface area contributed by atoms with Crippen LogP contribution in [0.1, 0.15) is 33.9 Å². The van der Waals surface area contributed by atoms with Gasteiger partial charge in [-0.2, -0.15) is 5.10 Å². The largest absolute Gasteiger partial charge is 0.388 e. The van der Waals surface area contributed by atoms with Crippen molar-refractivity contribution in [2.24, 2.45) is 0 Å². The van der Waals surface area contributed by atoms with Gasteiger partial charge in [-0.05, 0) is 49.6 Å². The smallest absolute Gasteiger partial charge is 0.0867 e. The summed E-state index contributed by atoms with van der Waals surface area (Å²) >= 11 is 0. The molecule has 3 heteroatoms. The number of pyridine rings is 1. The van der Waals surface area contributed by atoms with Crippen LogP contribution >= 0.6 is 0 Å². The van der Waals surface area contributed by atoms with Crippen LogP contribution in [0, 0.1) is 20.8 Å². The third kappa shape index (κ3) is 2.57. The monoisotopic (exact) mass is 280 g/mol. The molecule has 0 saturated heterocycles. The van der Waals surface area contributed by atoms with Gasteiger partial charge in [0, 0.05) is 18.2 Å². The van der Waals surface area contributed by atoms with Crippen molar-refractivity contribution in [2.75, 3.05) is 0 Å². The van der Waals surface area contributed by atoms with Crippen molar-refractivity contribution in [1.82, 2.24) is 9.61 Å². The lowest BCUT2D eigenvalue weighted by molar-refractivity contribution is 0.179. The minimum atomic E-state index is -0.537. The quantitative estimate of drug-likeness (QED) is 0.797. The van der Waals surface area contributed by atoms with Gasteiger partial charge >= 0.3 is 0 Å². The van der Waals surface area contributed by atoms with Crippen molar-refractivity contribution >= 4 is 5.52 Å². The fourth-order valence-electron chi connectivity index (χ4n) is 3.05. The van der Waals surface area contributed by atoms with Crippen molar-refractivity contribution in [3.05, 3.63) is 70.5 Å². The summed E-state index contributed by atoms with van der Waals surface area (Å²) in [6, 6.07) is 10.2. The van der Waals surface area contributed by atoms with Crippen LogP contribution in [0.4, 0.5) is 0 Å². The van der Waals surface area contributed by atoms with Crippen LogP contribution in [-0.4, -0.2) is 14.7 Å². The van der Waals surface area contributed by atoms with Gasteiger partial charge in [0.05, 0.1) is 17.8 Å². The van der Waals surface area contributed by atoms with Gasteiger partial charge in [-0.15, -0.1) is 0 Å². The minimum absolute atomic E-state index is 0.537. The van der Waals surface area contributed by atoms with E-state index in [4.69, 9.17) is 0 Å². The van der Waals surface area contributed by atoms with Gasteiger partial charge < -0.3 is 5.11 Å². The van der Waals surface area contributed by atoms with Gasteiger partial charge in [-0.1, -0.05) is 23.8 Å². The molecule has 1 aromatic carbocycles. The Labute approximate surface area is 124 Å². The molecule has 0 spiro atoms. The molecule has 3 rings (SSSR count). The second-order valence-electron chi connectivity index (χ2n) is 5.73. The van der Waals surface area contributed by atoms with Crippen LogP contribution in [0.5, 0.6) is 0 Å². The highest BCUT2D eigenvalue weighted by molar-refractivity contribution is 5.55. The van der Waals surface area contributed by atoms with Crippen LogP contribution in [0.3, 0.4) is 0 Å². The van der Waals surface area contributed by atoms with Gasteiger partial charge in [0.2, 0.25) is 0 Å². The van der Waals surface area contributed by atoms with E-state index in [2.05, 4.69) is 38.0 Å². The van der Waals surface area contributed by atoms with Crippen LogP contribution in [0.15, 0.2) is 42.7 Å². The highest BCUT2D eigenvalue weighted by Crippen LogP contribution is 2.26. The molecule has 0 amide bonds. The SMILES string of the molecule is Cc1cc(C)c(CC(O)c2cnn3ccccc23)c(C)c1. The highest BCUT2D eigenvalue weighted by atomic mass is 16.3. The summed E-state index contributed by atoms with van der Waals surface area (Å²) in [6.45, 7) is 6.32. The summed E-state index contributed by atoms with van der Waals surface area (Å²) in [6.07, 6.45) is 3.74. The molecule has 0 aliphatic carbocycles. The van der Waals surface area contributed by atoms with Crippen molar-refractivity contribution < 1.29 is 5.11 Å². The molecule has 0 aliphatic rings. The first-order valence-corrected chi connectivity index (χ1v) is 7.23. The van der Waals surface area contributed by atoms with Gasteiger partial charge in [0.25, 0.3) is 0 Å². The lowest BCUT2D eigenvalue weighted by Crippen LogP contribution is -2.05. The van der Waals surface area contributed by atoms with Gasteiger partial charge in [0.15, 0.2) is 0 Å². The predicted molar refractivity (Wildman–Crippen MR) is 84.5 cm³/mol. The summed E-state index contributed by atoms with van der Waals surface area (Å²) in [4.78, 5) is 0. The number of nitrogens with zero attached hydrogens (tertiary/aromatic N) is 2. The Hall–Kier alpha value is -2.13. The molecular formula is C18H20N2O. The first kappa shape index (κ1) is 13.8. The average Bonchev–Trinajstić information content (AvgIpc) is 2.86. The lowest BCUT2D eigenvalue weighted by Gasteiger charge is -2.15. The van der Waals surface area contributed by atoms with E-state index in [1.54, 1.807) is 10.7 Å². The number of hydrogen-bond acceptors (Lipinski definition) is 2. The molecule has 0 aliphatic heterocycles. The standard InChI is InChI=1S/C18H20N2O/c1-12-8-13(2)15(14(3)9-12)10-18(21)16-11-19-20-7-5-4-6-17(16)20/h4-9,11,18,21H,10H2,1-3H3. The summed E-state index contributed by atoms with van der Waals surface area (Å²) < 4.78 is 1.80. The highest BCUT2D eigenvalue weighted by Gasteiger charge is 2.16. The molecule has 0 saturated carbocycles. The van der Waals surface area contributed by atoms with E-state index in [-0.39, 0.29) is 0 Å². The fraction of sp³-hybridized carbons (Fsp3) is 0.278. The van der Waals surface area contributed by atoms with Crippen molar-refractivity contribution in [2.45, 2.75) is 33.3 Å². The molecule has 0 radical (unpaired) electrons. The number of aryl methyl sites for hydroxylation is 3. The molecule has 1 N–H and O–H groups in total. The normalized spacial score (nSPS) is 12.8. The maximum atomic E-state index is 10.6. The van der Waals surface area contributed by atoms with Crippen molar-refractivity contribution in [3.8, 4) is 0 Å². The molecular weight excluding hydrogens is 260 g/mol. The Morgan fingerprint density at radius 3 is 2.57 bits per heavy atom. The Morgan fingerprint density at radius 1 is 1.14 bits per heavy atom. The molecule has 21 heavy (non-hydrogen) atoms. The summed E-state index contributed by atoms with van der Waals surface area (Å²) in [5.41, 5.74) is 6.82. The Bertz CT molecular complexity index is 766. The fourth-order valence-corrected chi connectivity index (χ4v) is 3.05. The predicted octanol–water partition coefficient (Wildman–Crippen LogP) is 3.54. The van der Waals surface area contributed by atoms with E-state index in [9.17, 15) is 5.11 Å². The Balaban J connectivity index is 1.95. The van der Waals surface area contributed by atoms with Gasteiger partial charge in [-0.25, -0.2) is 4.52 Å². The second-order valence-corrected chi connectivity index (χ2v) is 5.73. The Kier molecular flexibility index (Phi) is 3.52. The molecule has 1 atom stereocenters. The number of aliphatic hydroxyl groups excluding tert-OH is 1. The third-order valence-corrected chi connectivity index (χ3v) is 4.05. The molecule has 0 bridgehead atoms. The van der Waals surface area contributed by atoms with E-state index >= 15 is 0 Å². The molecule has 108 valence electrons. The second kappa shape index (κ2) is 5.34. The van der Waals surface area contributed by atoms with Crippen molar-refractivity contribution in [1.29, 1.82) is 0 Å². The van der Waals surface area contributed by atoms with Gasteiger partial charge in [-0.3, -0.25) is 0 Å². The number of aromatic nitrogens is 2. The molecule has 3 nitrogen and oxygen atoms in total. The molecule has 0 fully saturated rings. The van der Waals surface area contributed by atoms with E-state index in [0.717, 1.165) is 11.1 Å². The van der Waals surface area contributed by atoms with E-state index < -0.39 is 6.10 Å². The topological polar surface area (TPSA) is 37.5 Å². The van der Waals surface area contributed by atoms with Crippen LogP contribution in [0.25, 0.3) is 5.52 Å². The van der Waals surface area contributed by atoms with Crippen LogP contribution in [-0.2, 0) is 6.42 Å². The van der Waals surface area contributed by atoms with E-state index in [0.29, 0.717) is 6.42 Å². The zero-order valence-electron chi connectivity index (χ0n) is 12.7.